The molecule has 0 unspecified atom stereocenters. The number of carbonyl (C=O) groups is 2. The molecule has 0 atom stereocenters. The molecule has 3 heterocycles. The van der Waals surface area contributed by atoms with Crippen LogP contribution in [0, 0.1) is 0 Å². The maximum atomic E-state index is 13.2. The minimum Gasteiger partial charge on any atom is -0.349 e. The van der Waals surface area contributed by atoms with Crippen molar-refractivity contribution < 1.29 is 14.4 Å². The molecule has 6 rings (SSSR count). The number of amides is 2. The number of nitrogens with zero attached hydrogens (tertiary/aromatic N) is 4. The van der Waals surface area contributed by atoms with E-state index in [1.807, 2.05) is 54.6 Å². The highest BCUT2D eigenvalue weighted by Crippen LogP contribution is 2.32. The van der Waals surface area contributed by atoms with Crippen molar-refractivity contribution in [3.63, 3.8) is 0 Å². The molecule has 9 heteroatoms. The summed E-state index contributed by atoms with van der Waals surface area (Å²) in [6.07, 6.45) is 7.88. The van der Waals surface area contributed by atoms with Crippen molar-refractivity contribution in [1.82, 2.24) is 25.4 Å². The van der Waals surface area contributed by atoms with Gasteiger partial charge in [-0.25, -0.2) is 5.06 Å². The summed E-state index contributed by atoms with van der Waals surface area (Å²) in [7, 11) is 1.61. The number of hydrogen-bond acceptors (Lipinski definition) is 7. The predicted octanol–water partition coefficient (Wildman–Crippen LogP) is 6.32. The molecule has 2 fully saturated rings. The van der Waals surface area contributed by atoms with Gasteiger partial charge in [-0.05, 0) is 80.6 Å². The van der Waals surface area contributed by atoms with Crippen LogP contribution in [0.1, 0.15) is 71.7 Å². The summed E-state index contributed by atoms with van der Waals surface area (Å²) >= 11 is 0. The van der Waals surface area contributed by atoms with E-state index in [4.69, 9.17) is 9.82 Å². The van der Waals surface area contributed by atoms with Crippen molar-refractivity contribution in [3.8, 4) is 0 Å². The van der Waals surface area contributed by atoms with Gasteiger partial charge in [0, 0.05) is 62.0 Å². The average Bonchev–Trinajstić information content (AvgIpc) is 3.13. The summed E-state index contributed by atoms with van der Waals surface area (Å²) in [6, 6.07) is 26.0. The minimum absolute atomic E-state index is 0.0632. The lowest BCUT2D eigenvalue weighted by Gasteiger charge is -2.32. The number of para-hydroxylation sites is 1. The van der Waals surface area contributed by atoms with E-state index < -0.39 is 0 Å². The van der Waals surface area contributed by atoms with Crippen LogP contribution in [0.3, 0.4) is 0 Å². The Morgan fingerprint density at radius 2 is 1.46 bits per heavy atom. The van der Waals surface area contributed by atoms with Gasteiger partial charge in [0.05, 0.1) is 29.6 Å². The van der Waals surface area contributed by atoms with E-state index in [1.165, 1.54) is 18.4 Å². The van der Waals surface area contributed by atoms with E-state index in [2.05, 4.69) is 51.6 Å². The second-order valence-corrected chi connectivity index (χ2v) is 13.0. The largest absolute Gasteiger partial charge is 0.349 e. The number of carbonyl (C=O) groups excluding carboxylic acids is 2. The van der Waals surface area contributed by atoms with E-state index >= 15 is 0 Å². The first-order valence-corrected chi connectivity index (χ1v) is 17.4. The molecule has 48 heavy (non-hydrogen) atoms. The van der Waals surface area contributed by atoms with Gasteiger partial charge in [0.15, 0.2) is 0 Å². The Morgan fingerprint density at radius 3 is 2.10 bits per heavy atom. The van der Waals surface area contributed by atoms with E-state index in [1.54, 1.807) is 18.4 Å². The third-order valence-corrected chi connectivity index (χ3v) is 9.64. The van der Waals surface area contributed by atoms with Gasteiger partial charge in [0.25, 0.3) is 11.8 Å². The molecule has 4 aromatic rings. The summed E-state index contributed by atoms with van der Waals surface area (Å²) in [5, 5.41) is 9.01. The first-order valence-electron chi connectivity index (χ1n) is 17.4. The first-order chi connectivity index (χ1) is 23.5. The van der Waals surface area contributed by atoms with Gasteiger partial charge >= 0.3 is 0 Å². The fourth-order valence-corrected chi connectivity index (χ4v) is 6.82. The molecular formula is C39H48N6O3. The van der Waals surface area contributed by atoms with E-state index in [9.17, 15) is 9.59 Å². The molecule has 0 radical (unpaired) electrons. The summed E-state index contributed by atoms with van der Waals surface area (Å²) in [5.74, 6) is -0.149. The number of anilines is 2. The monoisotopic (exact) mass is 648 g/mol. The SMILES string of the molecule is CCCCN1CCC(NC(=O)c2cnc3c(N(OC)c4ccc(C(=O)NC5CCN(Cc6ccccc6)CC5)cc4)cccc3c2)CC1. The summed E-state index contributed by atoms with van der Waals surface area (Å²) in [5.41, 5.74) is 4.72. The molecule has 0 bridgehead atoms. The molecule has 2 saturated heterocycles. The number of unbranched alkanes of at least 4 members (excludes halogenated alkanes) is 1. The van der Waals surface area contributed by atoms with Crippen molar-refractivity contribution >= 4 is 34.1 Å². The topological polar surface area (TPSA) is 90.0 Å². The van der Waals surface area contributed by atoms with Gasteiger partial charge in [0.2, 0.25) is 0 Å². The van der Waals surface area contributed by atoms with Crippen LogP contribution >= 0.6 is 0 Å². The Hall–Kier alpha value is -4.31. The van der Waals surface area contributed by atoms with Gasteiger partial charge < -0.3 is 15.5 Å². The fraction of sp³-hybridized carbons (Fsp3) is 0.410. The standard InChI is InChI=1S/C39H48N6O3/c1-3-4-21-43-22-17-33(18-23-43)42-39(47)32-26-31-11-8-12-36(37(31)40-27-32)45(48-2)35-15-13-30(14-16-35)38(46)41-34-19-24-44(25-20-34)28-29-9-6-5-7-10-29/h5-16,26-27,33-34H,3-4,17-25,28H2,1-2H3,(H,41,46)(H,42,47). The van der Waals surface area contributed by atoms with E-state index in [0.29, 0.717) is 11.1 Å². The normalized spacial score (nSPS) is 16.5. The number of rotatable bonds is 12. The molecule has 2 amide bonds. The smallest absolute Gasteiger partial charge is 0.253 e. The van der Waals surface area contributed by atoms with Crippen LogP contribution in [0.2, 0.25) is 0 Å². The summed E-state index contributed by atoms with van der Waals surface area (Å²) in [4.78, 5) is 41.8. The first kappa shape index (κ1) is 33.6. The molecule has 2 aliphatic rings. The van der Waals surface area contributed by atoms with Crippen LogP contribution in [0.5, 0.6) is 0 Å². The van der Waals surface area contributed by atoms with Crippen molar-refractivity contribution in [3.05, 3.63) is 102 Å². The number of likely N-dealkylation sites (tertiary alicyclic amines) is 2. The van der Waals surface area contributed by atoms with Crippen molar-refractivity contribution in [2.24, 2.45) is 0 Å². The molecule has 252 valence electrons. The maximum Gasteiger partial charge on any atom is 0.253 e. The van der Waals surface area contributed by atoms with Gasteiger partial charge in [0.1, 0.15) is 0 Å². The van der Waals surface area contributed by atoms with Crippen LogP contribution in [-0.2, 0) is 11.4 Å². The number of aromatic nitrogens is 1. The lowest BCUT2D eigenvalue weighted by Crippen LogP contribution is -2.44. The number of fused-ring (bicyclic) bond motifs is 1. The third kappa shape index (κ3) is 8.39. The zero-order valence-electron chi connectivity index (χ0n) is 28.2. The Bertz CT molecular complexity index is 1650. The second kappa shape index (κ2) is 16.2. The van der Waals surface area contributed by atoms with Crippen molar-refractivity contribution in [2.75, 3.05) is 44.9 Å². The molecule has 0 saturated carbocycles. The maximum absolute atomic E-state index is 13.2. The Balaban J connectivity index is 1.05. The van der Waals surface area contributed by atoms with Gasteiger partial charge in [-0.3, -0.25) is 24.3 Å². The molecule has 0 spiro atoms. The zero-order chi connectivity index (χ0) is 33.3. The number of benzene rings is 3. The Morgan fingerprint density at radius 1 is 0.812 bits per heavy atom. The number of nitrogens with one attached hydrogen (secondary N) is 2. The van der Waals surface area contributed by atoms with Crippen LogP contribution in [0.4, 0.5) is 11.4 Å². The molecule has 3 aromatic carbocycles. The molecule has 9 nitrogen and oxygen atoms in total. The average molecular weight is 649 g/mol. The number of piperidine rings is 2. The van der Waals surface area contributed by atoms with Crippen molar-refractivity contribution in [1.29, 1.82) is 0 Å². The molecule has 0 aliphatic carbocycles. The summed E-state index contributed by atoms with van der Waals surface area (Å²) in [6.45, 7) is 8.28. The Kier molecular flexibility index (Phi) is 11.3. The summed E-state index contributed by atoms with van der Waals surface area (Å²) < 4.78 is 0. The lowest BCUT2D eigenvalue weighted by molar-refractivity contribution is 0.0901. The number of pyridine rings is 1. The van der Waals surface area contributed by atoms with Crippen LogP contribution in [0.25, 0.3) is 10.9 Å². The quantitative estimate of drug-likeness (QED) is 0.174. The van der Waals surface area contributed by atoms with Gasteiger partial charge in [-0.15, -0.1) is 0 Å². The molecule has 2 N–H and O–H groups in total. The number of hydrogen-bond donors (Lipinski definition) is 2. The fourth-order valence-electron chi connectivity index (χ4n) is 6.82. The highest BCUT2D eigenvalue weighted by atomic mass is 16.7. The van der Waals surface area contributed by atoms with E-state index in [0.717, 1.165) is 87.2 Å². The third-order valence-electron chi connectivity index (χ3n) is 9.64. The predicted molar refractivity (Wildman–Crippen MR) is 191 cm³/mol. The second-order valence-electron chi connectivity index (χ2n) is 13.0. The van der Waals surface area contributed by atoms with Crippen molar-refractivity contribution in [2.45, 2.75) is 64.1 Å². The van der Waals surface area contributed by atoms with Crippen LogP contribution in [0.15, 0.2) is 85.1 Å². The lowest BCUT2D eigenvalue weighted by atomic mass is 10.0. The molecule has 1 aromatic heterocycles. The van der Waals surface area contributed by atoms with Crippen LogP contribution < -0.4 is 15.7 Å². The van der Waals surface area contributed by atoms with Gasteiger partial charge in [-0.2, -0.15) is 0 Å². The highest BCUT2D eigenvalue weighted by Gasteiger charge is 2.23. The highest BCUT2D eigenvalue weighted by molar-refractivity contribution is 6.00. The zero-order valence-corrected chi connectivity index (χ0v) is 28.2. The Labute approximate surface area is 284 Å². The molecule has 2 aliphatic heterocycles. The van der Waals surface area contributed by atoms with Gasteiger partial charge in [-0.1, -0.05) is 55.8 Å². The minimum atomic E-state index is -0.0861. The van der Waals surface area contributed by atoms with Crippen LogP contribution in [-0.4, -0.2) is 78.5 Å². The van der Waals surface area contributed by atoms with E-state index in [-0.39, 0.29) is 23.9 Å². The molecular weight excluding hydrogens is 600 g/mol.